The van der Waals surface area contributed by atoms with Crippen LogP contribution in [0.5, 0.6) is 0 Å². The maximum absolute atomic E-state index is 13.8. The van der Waals surface area contributed by atoms with Gasteiger partial charge in [0.25, 0.3) is 0 Å². The number of nitrogens with zero attached hydrogens (tertiary/aromatic N) is 4. The summed E-state index contributed by atoms with van der Waals surface area (Å²) in [4.78, 5) is 38.2. The number of piperazine rings is 1. The number of benzene rings is 1. The monoisotopic (exact) mass is 678 g/mol. The lowest BCUT2D eigenvalue weighted by molar-refractivity contribution is -0.146. The van der Waals surface area contributed by atoms with Crippen LogP contribution in [0.2, 0.25) is 0 Å². The molecule has 1 aliphatic heterocycles. The Bertz CT molecular complexity index is 1660. The minimum Gasteiger partial charge on any atom is -0.377 e. The molecular formula is C43H58N4O3. The predicted octanol–water partition coefficient (Wildman–Crippen LogP) is 6.95. The zero-order chi connectivity index (χ0) is 35.3. The number of amides is 1. The summed E-state index contributed by atoms with van der Waals surface area (Å²) in [5, 5.41) is 12.4. The molecule has 2 aromatic rings. The number of carbonyl (C=O) groups excluding carboxylic acids is 2. The molecule has 2 heterocycles. The van der Waals surface area contributed by atoms with E-state index in [0.717, 1.165) is 68.7 Å². The number of rotatable bonds is 8. The number of carbonyl (C=O) groups is 2. The molecule has 5 aliphatic rings. The van der Waals surface area contributed by atoms with E-state index in [4.69, 9.17) is 6.42 Å². The van der Waals surface area contributed by atoms with Gasteiger partial charge in [-0.15, -0.1) is 6.42 Å². The second-order valence-electron chi connectivity index (χ2n) is 16.9. The average molecular weight is 679 g/mol. The van der Waals surface area contributed by atoms with Gasteiger partial charge >= 0.3 is 0 Å². The van der Waals surface area contributed by atoms with E-state index >= 15 is 0 Å². The Balaban J connectivity index is 0.961. The fourth-order valence-electron chi connectivity index (χ4n) is 11.7. The Morgan fingerprint density at radius 1 is 1.02 bits per heavy atom. The number of para-hydroxylation sites is 1. The second kappa shape index (κ2) is 13.7. The fourth-order valence-corrected chi connectivity index (χ4v) is 11.7. The molecule has 7 rings (SSSR count). The van der Waals surface area contributed by atoms with Crippen LogP contribution in [0.15, 0.2) is 48.7 Å². The van der Waals surface area contributed by atoms with Crippen molar-refractivity contribution in [3.63, 3.8) is 0 Å². The summed E-state index contributed by atoms with van der Waals surface area (Å²) < 4.78 is 0. The first-order chi connectivity index (χ1) is 24.0. The van der Waals surface area contributed by atoms with Crippen molar-refractivity contribution >= 4 is 22.6 Å². The zero-order valence-corrected chi connectivity index (χ0v) is 30.8. The van der Waals surface area contributed by atoms with Gasteiger partial charge in [-0.3, -0.25) is 14.5 Å². The average Bonchev–Trinajstić information content (AvgIpc) is 3.42. The highest BCUT2D eigenvalue weighted by atomic mass is 16.3. The number of hydrogen-bond donors (Lipinski definition) is 1. The normalized spacial score (nSPS) is 36.3. The highest BCUT2D eigenvalue weighted by Crippen LogP contribution is 2.68. The van der Waals surface area contributed by atoms with E-state index in [1.54, 1.807) is 18.3 Å². The Hall–Kier alpha value is -3.21. The lowest BCUT2D eigenvalue weighted by Crippen LogP contribution is -2.60. The summed E-state index contributed by atoms with van der Waals surface area (Å²) >= 11 is 0. The van der Waals surface area contributed by atoms with Gasteiger partial charge in [0, 0.05) is 61.8 Å². The third-order valence-corrected chi connectivity index (χ3v) is 14.7. The van der Waals surface area contributed by atoms with Gasteiger partial charge in [-0.25, -0.2) is 4.98 Å². The molecule has 1 saturated heterocycles. The van der Waals surface area contributed by atoms with E-state index < -0.39 is 5.60 Å². The number of terminal acetylenes is 1. The van der Waals surface area contributed by atoms with Crippen molar-refractivity contribution in [3.8, 4) is 12.3 Å². The summed E-state index contributed by atoms with van der Waals surface area (Å²) in [5.74, 6) is 5.54. The van der Waals surface area contributed by atoms with E-state index in [-0.39, 0.29) is 23.1 Å². The van der Waals surface area contributed by atoms with Gasteiger partial charge in [0.05, 0.1) is 5.52 Å². The maximum atomic E-state index is 13.8. The van der Waals surface area contributed by atoms with Crippen molar-refractivity contribution in [3.05, 3.63) is 54.4 Å². The van der Waals surface area contributed by atoms with Crippen LogP contribution in [-0.2, 0) is 4.79 Å². The molecule has 7 nitrogen and oxygen atoms in total. The van der Waals surface area contributed by atoms with Gasteiger partial charge < -0.3 is 14.9 Å². The van der Waals surface area contributed by atoms with Gasteiger partial charge in [-0.1, -0.05) is 51.0 Å². The first-order valence-corrected chi connectivity index (χ1v) is 19.6. The number of pyridine rings is 1. The van der Waals surface area contributed by atoms with E-state index in [9.17, 15) is 14.7 Å². The largest absolute Gasteiger partial charge is 0.377 e. The molecule has 0 radical (unpaired) electrons. The molecule has 9 atom stereocenters. The number of aromatic nitrogens is 1. The summed E-state index contributed by atoms with van der Waals surface area (Å²) in [5.41, 5.74) is 0.454. The van der Waals surface area contributed by atoms with Crippen molar-refractivity contribution < 1.29 is 14.7 Å². The number of allylic oxidation sites excluding steroid dienone is 1. The molecule has 1 N–H and O–H groups in total. The molecule has 4 saturated carbocycles. The highest BCUT2D eigenvalue weighted by molar-refractivity contribution is 6.04. The topological polar surface area (TPSA) is 77.0 Å². The molecule has 0 spiro atoms. The van der Waals surface area contributed by atoms with Crippen LogP contribution < -0.4 is 0 Å². The predicted molar refractivity (Wildman–Crippen MR) is 199 cm³/mol. The van der Waals surface area contributed by atoms with E-state index in [0.29, 0.717) is 41.4 Å². The molecule has 0 bridgehead atoms. The lowest BCUT2D eigenvalue weighted by Gasteiger charge is -2.62. The molecule has 268 valence electrons. The maximum Gasteiger partial charge on any atom is 0.245 e. The Kier molecular flexibility index (Phi) is 9.67. The number of fused-ring (bicyclic) bond motifs is 6. The SMILES string of the molecule is C#C[C@]1(O)CCC2[C@@H]3CCC4CC[C@@H](N5CCN(C(=O)[C@H](C)N(/C=C/C(=O)c6ccc7ccccc7n6)CCC)CC5)C[C@]4(C)C3CC[C@@]21C. The third-order valence-electron chi connectivity index (χ3n) is 14.7. The van der Waals surface area contributed by atoms with Gasteiger partial charge in [0.15, 0.2) is 0 Å². The minimum atomic E-state index is -0.944. The smallest absolute Gasteiger partial charge is 0.245 e. The summed E-state index contributed by atoms with van der Waals surface area (Å²) in [7, 11) is 0. The number of aliphatic hydroxyl groups is 1. The minimum absolute atomic E-state index is 0.138. The molecule has 1 aromatic carbocycles. The second-order valence-corrected chi connectivity index (χ2v) is 16.9. The van der Waals surface area contributed by atoms with Crippen molar-refractivity contribution in [1.82, 2.24) is 19.7 Å². The molecule has 1 aromatic heterocycles. The van der Waals surface area contributed by atoms with Gasteiger partial charge in [0.1, 0.15) is 17.3 Å². The Labute approximate surface area is 299 Å². The van der Waals surface area contributed by atoms with E-state index in [2.05, 4.69) is 36.6 Å². The van der Waals surface area contributed by atoms with Crippen LogP contribution in [0.3, 0.4) is 0 Å². The van der Waals surface area contributed by atoms with Gasteiger partial charge in [0.2, 0.25) is 11.7 Å². The number of ketones is 1. The van der Waals surface area contributed by atoms with E-state index in [1.165, 1.54) is 38.5 Å². The molecule has 7 heteroatoms. The summed E-state index contributed by atoms with van der Waals surface area (Å²) in [6, 6.07) is 11.7. The quantitative estimate of drug-likeness (QED) is 0.185. The molecular weight excluding hydrogens is 620 g/mol. The molecule has 1 amide bonds. The Morgan fingerprint density at radius 2 is 1.76 bits per heavy atom. The molecule has 50 heavy (non-hydrogen) atoms. The summed E-state index contributed by atoms with van der Waals surface area (Å²) in [6.07, 6.45) is 20.7. The van der Waals surface area contributed by atoms with E-state index in [1.807, 2.05) is 47.1 Å². The first-order valence-electron chi connectivity index (χ1n) is 19.6. The molecule has 3 unspecified atom stereocenters. The van der Waals surface area contributed by atoms with Crippen molar-refractivity contribution in [1.29, 1.82) is 0 Å². The standard InChI is InChI=1S/C43H58N4O3/c1-6-23-45(24-20-39(48)38-17-12-31-10-8-9-11-37(31)44-38)30(3)40(49)47-27-25-46(26-28-47)33-15-13-32-14-16-34-35(41(32,4)29-33)18-21-42(5)36(34)19-22-43(42,50)7-2/h2,8-12,17,20,24,30,32-36,50H,6,13-16,18-19,21-23,25-29H2,1,3-5H3/b24-20+/t30-,32?,33+,34+,35?,36?,41-,42-,43-/m0/s1. The van der Waals surface area contributed by atoms with Gasteiger partial charge in [-0.2, -0.15) is 0 Å². The highest BCUT2D eigenvalue weighted by Gasteiger charge is 2.64. The third kappa shape index (κ3) is 5.99. The van der Waals surface area contributed by atoms with Crippen LogP contribution in [-0.4, -0.2) is 86.9 Å². The van der Waals surface area contributed by atoms with Crippen LogP contribution in [0.4, 0.5) is 0 Å². The number of hydrogen-bond acceptors (Lipinski definition) is 6. The first kappa shape index (κ1) is 35.2. The van der Waals surface area contributed by atoms with Crippen LogP contribution in [0.25, 0.3) is 10.9 Å². The zero-order valence-electron chi connectivity index (χ0n) is 30.8. The fraction of sp³-hybridized carbons (Fsp3) is 0.651. The molecule has 4 aliphatic carbocycles. The van der Waals surface area contributed by atoms with Crippen LogP contribution in [0.1, 0.15) is 102 Å². The van der Waals surface area contributed by atoms with Crippen LogP contribution >= 0.6 is 0 Å². The molecule has 5 fully saturated rings. The van der Waals surface area contributed by atoms with Crippen LogP contribution in [0, 0.1) is 46.8 Å². The summed E-state index contributed by atoms with van der Waals surface area (Å²) in [6.45, 7) is 13.0. The lowest BCUT2D eigenvalue weighted by atomic mass is 9.44. The van der Waals surface area contributed by atoms with Crippen molar-refractivity contribution in [2.75, 3.05) is 32.7 Å². The van der Waals surface area contributed by atoms with Crippen molar-refractivity contribution in [2.45, 2.75) is 110 Å². The van der Waals surface area contributed by atoms with Crippen molar-refractivity contribution in [2.24, 2.45) is 34.5 Å². The van der Waals surface area contributed by atoms with Gasteiger partial charge in [-0.05, 0) is 112 Å². The Morgan fingerprint density at radius 3 is 2.52 bits per heavy atom.